The number of carboxylic acids is 1. The van der Waals surface area contributed by atoms with E-state index < -0.39 is 12.0 Å². The van der Waals surface area contributed by atoms with E-state index in [2.05, 4.69) is 53.8 Å². The fraction of sp³-hybridized carbons (Fsp3) is 0.581. The predicted octanol–water partition coefficient (Wildman–Crippen LogP) is 4.27. The SMILES string of the molecule is C[C@H]1CN([C@@H](Cc2ccc3c(c2)CCC3)C(=O)O)CCN1C(=O)C1CN(C(C)(C)C)CC1c1ccc(Cl)cn1. The predicted molar refractivity (Wildman–Crippen MR) is 153 cm³/mol. The topological polar surface area (TPSA) is 77.0 Å². The van der Waals surface area contributed by atoms with Gasteiger partial charge in [-0.2, -0.15) is 0 Å². The molecule has 39 heavy (non-hydrogen) atoms. The fourth-order valence-corrected chi connectivity index (χ4v) is 6.78. The molecule has 2 unspecified atom stereocenters. The van der Waals surface area contributed by atoms with Crippen LogP contribution in [0.5, 0.6) is 0 Å². The number of aromatic nitrogens is 1. The Hall–Kier alpha value is -2.48. The van der Waals surface area contributed by atoms with Gasteiger partial charge in [0.1, 0.15) is 6.04 Å². The number of hydrogen-bond acceptors (Lipinski definition) is 5. The highest BCUT2D eigenvalue weighted by molar-refractivity contribution is 6.30. The summed E-state index contributed by atoms with van der Waals surface area (Å²) in [6, 6.07) is 9.58. The molecule has 0 spiro atoms. The molecule has 2 aliphatic heterocycles. The molecule has 3 aliphatic rings. The molecule has 1 aromatic carbocycles. The molecular formula is C31H41ClN4O3. The lowest BCUT2D eigenvalue weighted by molar-refractivity contribution is -0.147. The highest BCUT2D eigenvalue weighted by Crippen LogP contribution is 2.37. The number of piperazine rings is 1. The van der Waals surface area contributed by atoms with Gasteiger partial charge in [0.2, 0.25) is 5.91 Å². The van der Waals surface area contributed by atoms with Crippen LogP contribution in [0.15, 0.2) is 36.5 Å². The third kappa shape index (κ3) is 6.01. The van der Waals surface area contributed by atoms with E-state index in [0.29, 0.717) is 37.6 Å². The van der Waals surface area contributed by atoms with Crippen LogP contribution < -0.4 is 0 Å². The number of benzene rings is 1. The van der Waals surface area contributed by atoms with E-state index in [1.165, 1.54) is 17.5 Å². The number of halogens is 1. The van der Waals surface area contributed by atoms with E-state index in [-0.39, 0.29) is 29.3 Å². The van der Waals surface area contributed by atoms with E-state index in [9.17, 15) is 14.7 Å². The molecule has 4 atom stereocenters. The van der Waals surface area contributed by atoms with Crippen molar-refractivity contribution in [2.45, 2.75) is 76.9 Å². The molecule has 2 saturated heterocycles. The Morgan fingerprint density at radius 1 is 1.08 bits per heavy atom. The molecule has 2 aromatic rings. The zero-order valence-electron chi connectivity index (χ0n) is 23.6. The second-order valence-corrected chi connectivity index (χ2v) is 13.0. The average Bonchev–Trinajstić information content (AvgIpc) is 3.54. The second-order valence-electron chi connectivity index (χ2n) is 12.6. The number of rotatable bonds is 6. The standard InChI is InChI=1S/C31H41ClN4O3/c1-20-17-34(28(30(38)39)15-21-8-9-22-6-5-7-23(22)14-21)12-13-36(20)29(37)26-19-35(31(2,3)4)18-25(26)27-11-10-24(32)16-33-27/h8-11,14,16,20,25-26,28H,5-7,12-13,15,17-19H2,1-4H3,(H,38,39)/t20-,25?,26?,28-/m0/s1. The molecule has 8 heteroatoms. The Bertz CT molecular complexity index is 1210. The molecule has 7 nitrogen and oxygen atoms in total. The van der Waals surface area contributed by atoms with Crippen LogP contribution in [-0.4, -0.2) is 87.0 Å². The van der Waals surface area contributed by atoms with Gasteiger partial charge in [-0.25, -0.2) is 0 Å². The quantitative estimate of drug-likeness (QED) is 0.577. The van der Waals surface area contributed by atoms with Gasteiger partial charge in [-0.05, 0) is 82.2 Å². The van der Waals surface area contributed by atoms with Gasteiger partial charge in [-0.15, -0.1) is 0 Å². The van der Waals surface area contributed by atoms with Crippen molar-refractivity contribution in [3.8, 4) is 0 Å². The highest BCUT2D eigenvalue weighted by Gasteiger charge is 2.45. The van der Waals surface area contributed by atoms with Crippen molar-refractivity contribution < 1.29 is 14.7 Å². The normalized spacial score (nSPS) is 25.1. The Kier molecular flexibility index (Phi) is 8.05. The third-order valence-corrected chi connectivity index (χ3v) is 9.20. The molecule has 210 valence electrons. The maximum atomic E-state index is 14.1. The summed E-state index contributed by atoms with van der Waals surface area (Å²) in [6.07, 6.45) is 5.52. The summed E-state index contributed by atoms with van der Waals surface area (Å²) in [7, 11) is 0. The summed E-state index contributed by atoms with van der Waals surface area (Å²) in [6.45, 7) is 11.7. The molecular weight excluding hydrogens is 512 g/mol. The lowest BCUT2D eigenvalue weighted by Gasteiger charge is -2.43. The van der Waals surface area contributed by atoms with E-state index in [1.807, 2.05) is 24.0 Å². The van der Waals surface area contributed by atoms with E-state index in [1.54, 1.807) is 6.20 Å². The van der Waals surface area contributed by atoms with Crippen LogP contribution in [0.25, 0.3) is 0 Å². The summed E-state index contributed by atoms with van der Waals surface area (Å²) in [5.41, 5.74) is 4.69. The monoisotopic (exact) mass is 552 g/mol. The molecule has 5 rings (SSSR count). The van der Waals surface area contributed by atoms with E-state index in [0.717, 1.165) is 30.6 Å². The van der Waals surface area contributed by atoms with Crippen LogP contribution >= 0.6 is 11.6 Å². The zero-order valence-corrected chi connectivity index (χ0v) is 24.3. The zero-order chi connectivity index (χ0) is 27.9. The van der Waals surface area contributed by atoms with Crippen molar-refractivity contribution in [1.29, 1.82) is 0 Å². The summed E-state index contributed by atoms with van der Waals surface area (Å²) < 4.78 is 0. The number of carboxylic acid groups (broad SMARTS) is 1. The maximum Gasteiger partial charge on any atom is 0.321 e. The largest absolute Gasteiger partial charge is 0.480 e. The Morgan fingerprint density at radius 2 is 1.85 bits per heavy atom. The van der Waals surface area contributed by atoms with Crippen LogP contribution in [0.4, 0.5) is 0 Å². The number of pyridine rings is 1. The average molecular weight is 553 g/mol. The van der Waals surface area contributed by atoms with Crippen molar-refractivity contribution >= 4 is 23.5 Å². The number of likely N-dealkylation sites (tertiary alicyclic amines) is 1. The molecule has 0 bridgehead atoms. The molecule has 3 heterocycles. The lowest BCUT2D eigenvalue weighted by atomic mass is 9.90. The van der Waals surface area contributed by atoms with Crippen LogP contribution in [-0.2, 0) is 28.9 Å². The van der Waals surface area contributed by atoms with Crippen molar-refractivity contribution in [3.05, 3.63) is 63.9 Å². The molecule has 1 N–H and O–H groups in total. The van der Waals surface area contributed by atoms with Crippen LogP contribution in [0.2, 0.25) is 5.02 Å². The van der Waals surface area contributed by atoms with Gasteiger partial charge in [0.05, 0.1) is 10.9 Å². The summed E-state index contributed by atoms with van der Waals surface area (Å²) >= 11 is 6.10. The molecule has 0 saturated carbocycles. The van der Waals surface area contributed by atoms with Crippen LogP contribution in [0, 0.1) is 5.92 Å². The molecule has 2 fully saturated rings. The maximum absolute atomic E-state index is 14.1. The van der Waals surface area contributed by atoms with Gasteiger partial charge < -0.3 is 10.0 Å². The summed E-state index contributed by atoms with van der Waals surface area (Å²) in [4.78, 5) is 37.4. The Labute approximate surface area is 237 Å². The van der Waals surface area contributed by atoms with Crippen molar-refractivity contribution in [3.63, 3.8) is 0 Å². The molecule has 1 aromatic heterocycles. The number of nitrogens with zero attached hydrogens (tertiary/aromatic N) is 4. The van der Waals surface area contributed by atoms with Gasteiger partial charge >= 0.3 is 5.97 Å². The van der Waals surface area contributed by atoms with Gasteiger partial charge in [0, 0.05) is 62.1 Å². The van der Waals surface area contributed by atoms with Gasteiger partial charge in [-0.3, -0.25) is 24.4 Å². The first-order valence-corrected chi connectivity index (χ1v) is 14.6. The first-order valence-electron chi connectivity index (χ1n) is 14.3. The fourth-order valence-electron chi connectivity index (χ4n) is 6.67. The number of fused-ring (bicyclic) bond motifs is 1. The number of amides is 1. The minimum Gasteiger partial charge on any atom is -0.480 e. The lowest BCUT2D eigenvalue weighted by Crippen LogP contribution is -2.59. The van der Waals surface area contributed by atoms with Gasteiger partial charge in [0.15, 0.2) is 0 Å². The minimum atomic E-state index is -0.798. The van der Waals surface area contributed by atoms with Gasteiger partial charge in [-0.1, -0.05) is 29.8 Å². The first-order chi connectivity index (χ1) is 18.5. The Morgan fingerprint density at radius 3 is 2.51 bits per heavy atom. The molecule has 0 radical (unpaired) electrons. The van der Waals surface area contributed by atoms with E-state index in [4.69, 9.17) is 11.6 Å². The molecule has 1 amide bonds. The smallest absolute Gasteiger partial charge is 0.321 e. The van der Waals surface area contributed by atoms with E-state index >= 15 is 0 Å². The number of carbonyl (C=O) groups is 2. The minimum absolute atomic E-state index is 0.00852. The number of aryl methyl sites for hydroxylation is 2. The van der Waals surface area contributed by atoms with Crippen LogP contribution in [0.1, 0.15) is 62.4 Å². The van der Waals surface area contributed by atoms with Crippen molar-refractivity contribution in [2.75, 3.05) is 32.7 Å². The number of hydrogen-bond donors (Lipinski definition) is 1. The highest BCUT2D eigenvalue weighted by atomic mass is 35.5. The summed E-state index contributed by atoms with van der Waals surface area (Å²) in [5.74, 6) is -0.867. The molecule has 1 aliphatic carbocycles. The number of carbonyl (C=O) groups excluding carboxylic acids is 1. The Balaban J connectivity index is 1.29. The van der Waals surface area contributed by atoms with Crippen molar-refractivity contribution in [1.82, 2.24) is 19.7 Å². The first kappa shape index (κ1) is 28.1. The second kappa shape index (κ2) is 11.2. The van der Waals surface area contributed by atoms with Crippen molar-refractivity contribution in [2.24, 2.45) is 5.92 Å². The van der Waals surface area contributed by atoms with Gasteiger partial charge in [0.25, 0.3) is 0 Å². The third-order valence-electron chi connectivity index (χ3n) is 8.98. The summed E-state index contributed by atoms with van der Waals surface area (Å²) in [5, 5.41) is 10.7. The number of aliphatic carboxylic acids is 1. The van der Waals surface area contributed by atoms with Crippen LogP contribution in [0.3, 0.4) is 0 Å².